The second-order valence-corrected chi connectivity index (χ2v) is 6.46. The van der Waals surface area contributed by atoms with Crippen molar-refractivity contribution in [3.05, 3.63) is 35.5 Å². The molecule has 9 nitrogen and oxygen atoms in total. The molecule has 0 radical (unpaired) electrons. The fourth-order valence-corrected chi connectivity index (χ4v) is 3.18. The molecule has 1 aromatic carbocycles. The summed E-state index contributed by atoms with van der Waals surface area (Å²) in [5, 5.41) is 7.65. The maximum absolute atomic E-state index is 12.7. The Morgan fingerprint density at radius 1 is 1.04 bits per heavy atom. The zero-order valence-electron chi connectivity index (χ0n) is 15.0. The fourth-order valence-electron chi connectivity index (χ4n) is 3.18. The highest BCUT2D eigenvalue weighted by Crippen LogP contribution is 2.32. The van der Waals surface area contributed by atoms with Gasteiger partial charge in [0.25, 0.3) is 5.91 Å². The van der Waals surface area contributed by atoms with Gasteiger partial charge in [-0.05, 0) is 18.2 Å². The Hall–Kier alpha value is -3.10. The van der Waals surface area contributed by atoms with Gasteiger partial charge in [-0.3, -0.25) is 9.59 Å². The summed E-state index contributed by atoms with van der Waals surface area (Å²) >= 11 is 0. The quantitative estimate of drug-likeness (QED) is 0.790. The summed E-state index contributed by atoms with van der Waals surface area (Å²) in [5.41, 5.74) is 0.561. The number of hydrogen-bond donors (Lipinski definition) is 0. The highest BCUT2D eigenvalue weighted by Gasteiger charge is 2.26. The van der Waals surface area contributed by atoms with Gasteiger partial charge in [-0.15, -0.1) is 10.2 Å². The van der Waals surface area contributed by atoms with E-state index in [4.69, 9.17) is 13.9 Å². The predicted octanol–water partition coefficient (Wildman–Crippen LogP) is 1.02. The summed E-state index contributed by atoms with van der Waals surface area (Å²) < 4.78 is 15.9. The van der Waals surface area contributed by atoms with Crippen molar-refractivity contribution in [2.75, 3.05) is 33.0 Å². The number of ether oxygens (including phenoxy) is 2. The first-order valence-electron chi connectivity index (χ1n) is 8.86. The standard InChI is InChI=1S/C18H20N4O5/c1-12-19-20-16(27-12)4-5-17(23)21-6-8-22(9-7-21)18(24)13-2-3-14-15(10-13)26-11-25-14/h2-3,10H,4-9,11H2,1H3. The van der Waals surface area contributed by atoms with Crippen LogP contribution in [0.1, 0.15) is 28.6 Å². The summed E-state index contributed by atoms with van der Waals surface area (Å²) in [4.78, 5) is 28.6. The van der Waals surface area contributed by atoms with E-state index in [1.54, 1.807) is 34.9 Å². The largest absolute Gasteiger partial charge is 0.454 e. The van der Waals surface area contributed by atoms with Crippen LogP contribution in [-0.4, -0.2) is 64.8 Å². The molecule has 9 heteroatoms. The number of piperazine rings is 1. The first kappa shape index (κ1) is 17.3. The maximum Gasteiger partial charge on any atom is 0.254 e. The summed E-state index contributed by atoms with van der Waals surface area (Å²) in [5.74, 6) is 2.16. The molecule has 142 valence electrons. The van der Waals surface area contributed by atoms with E-state index < -0.39 is 0 Å². The highest BCUT2D eigenvalue weighted by atomic mass is 16.7. The Morgan fingerprint density at radius 3 is 2.52 bits per heavy atom. The van der Waals surface area contributed by atoms with Gasteiger partial charge in [0.2, 0.25) is 24.5 Å². The Bertz CT molecular complexity index is 857. The second kappa shape index (κ2) is 7.26. The van der Waals surface area contributed by atoms with Crippen molar-refractivity contribution in [1.29, 1.82) is 0 Å². The van der Waals surface area contributed by atoms with Crippen LogP contribution in [-0.2, 0) is 11.2 Å². The molecule has 0 unspecified atom stereocenters. The lowest BCUT2D eigenvalue weighted by Gasteiger charge is -2.34. The highest BCUT2D eigenvalue weighted by molar-refractivity contribution is 5.95. The lowest BCUT2D eigenvalue weighted by molar-refractivity contribution is -0.132. The number of carbonyl (C=O) groups excluding carboxylic acids is 2. The normalized spacial score (nSPS) is 15.9. The summed E-state index contributed by atoms with van der Waals surface area (Å²) in [6.45, 7) is 3.92. The number of fused-ring (bicyclic) bond motifs is 1. The van der Waals surface area contributed by atoms with Crippen LogP contribution in [0, 0.1) is 6.92 Å². The number of nitrogens with zero attached hydrogens (tertiary/aromatic N) is 4. The molecular formula is C18H20N4O5. The van der Waals surface area contributed by atoms with Gasteiger partial charge < -0.3 is 23.7 Å². The number of benzene rings is 1. The third-order valence-corrected chi connectivity index (χ3v) is 4.66. The lowest BCUT2D eigenvalue weighted by Crippen LogP contribution is -2.50. The van der Waals surface area contributed by atoms with Crippen LogP contribution in [0.25, 0.3) is 0 Å². The topological polar surface area (TPSA) is 98.0 Å². The number of rotatable bonds is 4. The number of carbonyl (C=O) groups is 2. The minimum atomic E-state index is -0.0678. The van der Waals surface area contributed by atoms with E-state index in [1.807, 2.05) is 0 Å². The van der Waals surface area contributed by atoms with Crippen LogP contribution in [0.2, 0.25) is 0 Å². The van der Waals surface area contributed by atoms with Gasteiger partial charge in [-0.2, -0.15) is 0 Å². The molecule has 0 aliphatic carbocycles. The molecule has 0 N–H and O–H groups in total. The average Bonchev–Trinajstić information content (AvgIpc) is 3.33. The van der Waals surface area contributed by atoms with Crippen LogP contribution < -0.4 is 9.47 Å². The fraction of sp³-hybridized carbons (Fsp3) is 0.444. The molecule has 2 aliphatic heterocycles. The van der Waals surface area contributed by atoms with E-state index in [9.17, 15) is 9.59 Å². The SMILES string of the molecule is Cc1nnc(CCC(=O)N2CCN(C(=O)c3ccc4c(c3)OCO4)CC2)o1. The molecule has 0 bridgehead atoms. The Labute approximate surface area is 155 Å². The molecule has 2 amide bonds. The minimum absolute atomic E-state index is 0.0287. The van der Waals surface area contributed by atoms with E-state index in [-0.39, 0.29) is 18.6 Å². The Balaban J connectivity index is 1.29. The summed E-state index contributed by atoms with van der Waals surface area (Å²) in [6, 6.07) is 5.18. The molecule has 1 fully saturated rings. The van der Waals surface area contributed by atoms with Crippen molar-refractivity contribution in [2.24, 2.45) is 0 Å². The molecule has 4 rings (SSSR count). The van der Waals surface area contributed by atoms with Crippen molar-refractivity contribution >= 4 is 11.8 Å². The molecule has 3 heterocycles. The van der Waals surface area contributed by atoms with Crippen molar-refractivity contribution in [3.8, 4) is 11.5 Å². The number of amides is 2. The van der Waals surface area contributed by atoms with Gasteiger partial charge in [-0.1, -0.05) is 0 Å². The molecule has 0 spiro atoms. The Morgan fingerprint density at radius 2 is 1.78 bits per heavy atom. The van der Waals surface area contributed by atoms with Crippen LogP contribution in [0.5, 0.6) is 11.5 Å². The third kappa shape index (κ3) is 3.71. The molecule has 1 aromatic heterocycles. The predicted molar refractivity (Wildman–Crippen MR) is 92.4 cm³/mol. The molecule has 0 saturated carbocycles. The zero-order chi connectivity index (χ0) is 18.8. The van der Waals surface area contributed by atoms with Crippen molar-refractivity contribution in [2.45, 2.75) is 19.8 Å². The van der Waals surface area contributed by atoms with Gasteiger partial charge in [0, 0.05) is 51.5 Å². The zero-order valence-corrected chi connectivity index (χ0v) is 15.0. The molecule has 0 atom stereocenters. The number of aromatic nitrogens is 2. The molecule has 2 aromatic rings. The van der Waals surface area contributed by atoms with Crippen molar-refractivity contribution in [1.82, 2.24) is 20.0 Å². The van der Waals surface area contributed by atoms with Crippen LogP contribution >= 0.6 is 0 Å². The van der Waals surface area contributed by atoms with Gasteiger partial charge in [-0.25, -0.2) is 0 Å². The molecule has 1 saturated heterocycles. The van der Waals surface area contributed by atoms with Crippen molar-refractivity contribution in [3.63, 3.8) is 0 Å². The van der Waals surface area contributed by atoms with Crippen LogP contribution in [0.3, 0.4) is 0 Å². The first-order chi connectivity index (χ1) is 13.1. The van der Waals surface area contributed by atoms with E-state index in [0.717, 1.165) is 0 Å². The molecule has 2 aliphatic rings. The van der Waals surface area contributed by atoms with E-state index in [0.29, 0.717) is 67.9 Å². The number of hydrogen-bond acceptors (Lipinski definition) is 7. The van der Waals surface area contributed by atoms with Gasteiger partial charge in [0.1, 0.15) is 0 Å². The van der Waals surface area contributed by atoms with Gasteiger partial charge in [0.15, 0.2) is 11.5 Å². The Kier molecular flexibility index (Phi) is 4.66. The maximum atomic E-state index is 12.7. The van der Waals surface area contributed by atoms with E-state index in [1.165, 1.54) is 0 Å². The smallest absolute Gasteiger partial charge is 0.254 e. The van der Waals surface area contributed by atoms with Gasteiger partial charge >= 0.3 is 0 Å². The third-order valence-electron chi connectivity index (χ3n) is 4.66. The lowest BCUT2D eigenvalue weighted by atomic mass is 10.1. The van der Waals surface area contributed by atoms with Gasteiger partial charge in [0.05, 0.1) is 0 Å². The summed E-state index contributed by atoms with van der Waals surface area (Å²) in [7, 11) is 0. The first-order valence-corrected chi connectivity index (χ1v) is 8.86. The van der Waals surface area contributed by atoms with Crippen molar-refractivity contribution < 1.29 is 23.5 Å². The minimum Gasteiger partial charge on any atom is -0.454 e. The summed E-state index contributed by atoms with van der Waals surface area (Å²) in [6.07, 6.45) is 0.744. The van der Waals surface area contributed by atoms with E-state index in [2.05, 4.69) is 10.2 Å². The van der Waals surface area contributed by atoms with Crippen LogP contribution in [0.15, 0.2) is 22.6 Å². The van der Waals surface area contributed by atoms with E-state index >= 15 is 0 Å². The molecular weight excluding hydrogens is 352 g/mol. The van der Waals surface area contributed by atoms with Crippen LogP contribution in [0.4, 0.5) is 0 Å². The average molecular weight is 372 g/mol. The second-order valence-electron chi connectivity index (χ2n) is 6.46. The number of aryl methyl sites for hydroxylation is 2. The molecule has 27 heavy (non-hydrogen) atoms. The monoisotopic (exact) mass is 372 g/mol.